The molecular formula is C21H31N7O. The van der Waals surface area contributed by atoms with Crippen molar-refractivity contribution in [2.75, 3.05) is 36.0 Å². The zero-order chi connectivity index (χ0) is 20.6. The standard InChI is InChI=1S/C21H31N7O/c1-15-14-17(6-7-18(15)27-12-10-26(11-13-27)16(2)29)28-20(23)24-19(22)25-21(28)8-4-3-5-9-21/h6-7,14H,3-5,8-13H2,1-2H3,(H4,22,23,24,25). The van der Waals surface area contributed by atoms with Gasteiger partial charge in [0.25, 0.3) is 0 Å². The Bertz CT molecular complexity index is 849. The molecule has 0 atom stereocenters. The maximum atomic E-state index is 11.6. The fourth-order valence-corrected chi connectivity index (χ4v) is 4.89. The Kier molecular flexibility index (Phi) is 5.10. The minimum absolute atomic E-state index is 0.147. The van der Waals surface area contributed by atoms with Crippen LogP contribution in [0.5, 0.6) is 0 Å². The summed E-state index contributed by atoms with van der Waals surface area (Å²) < 4.78 is 0. The fourth-order valence-electron chi connectivity index (χ4n) is 4.89. The monoisotopic (exact) mass is 397 g/mol. The maximum absolute atomic E-state index is 11.6. The van der Waals surface area contributed by atoms with E-state index in [1.54, 1.807) is 6.92 Å². The van der Waals surface area contributed by atoms with Gasteiger partial charge in [0, 0.05) is 44.5 Å². The molecule has 4 N–H and O–H groups in total. The van der Waals surface area contributed by atoms with E-state index in [0.717, 1.165) is 57.5 Å². The van der Waals surface area contributed by atoms with Crippen molar-refractivity contribution in [1.82, 2.24) is 4.90 Å². The Labute approximate surface area is 172 Å². The van der Waals surface area contributed by atoms with Crippen molar-refractivity contribution in [2.45, 2.75) is 51.6 Å². The first-order chi connectivity index (χ1) is 13.9. The van der Waals surface area contributed by atoms with Gasteiger partial charge in [-0.15, -0.1) is 0 Å². The number of guanidine groups is 2. The summed E-state index contributed by atoms with van der Waals surface area (Å²) >= 11 is 0. The number of nitrogens with zero attached hydrogens (tertiary/aromatic N) is 5. The lowest BCUT2D eigenvalue weighted by molar-refractivity contribution is -0.129. The number of hydrogen-bond acceptors (Lipinski definition) is 7. The average Bonchev–Trinajstić information content (AvgIpc) is 2.68. The van der Waals surface area contributed by atoms with Crippen molar-refractivity contribution in [1.29, 1.82) is 0 Å². The van der Waals surface area contributed by atoms with E-state index >= 15 is 0 Å². The van der Waals surface area contributed by atoms with E-state index in [0.29, 0.717) is 5.96 Å². The summed E-state index contributed by atoms with van der Waals surface area (Å²) in [5.41, 5.74) is 15.3. The number of hydrogen-bond donors (Lipinski definition) is 2. The SMILES string of the molecule is CC(=O)N1CCN(c2ccc(N3C(N)=NC(N)=NC34CCCCC4)cc2C)CC1. The Morgan fingerprint density at radius 2 is 1.76 bits per heavy atom. The second-order valence-corrected chi connectivity index (χ2v) is 8.28. The van der Waals surface area contributed by atoms with Crippen LogP contribution in [0.1, 0.15) is 44.6 Å². The van der Waals surface area contributed by atoms with Crippen LogP contribution in [0.25, 0.3) is 0 Å². The lowest BCUT2D eigenvalue weighted by Gasteiger charge is -2.46. The molecular weight excluding hydrogens is 366 g/mol. The number of amides is 1. The summed E-state index contributed by atoms with van der Waals surface area (Å²) in [5.74, 6) is 0.841. The number of aryl methyl sites for hydroxylation is 1. The van der Waals surface area contributed by atoms with Gasteiger partial charge in [-0.25, -0.2) is 4.99 Å². The van der Waals surface area contributed by atoms with Crippen LogP contribution in [0.15, 0.2) is 28.2 Å². The molecule has 0 aromatic heterocycles. The van der Waals surface area contributed by atoms with Gasteiger partial charge in [0.1, 0.15) is 5.66 Å². The van der Waals surface area contributed by atoms with Crippen LogP contribution in [-0.2, 0) is 4.79 Å². The molecule has 156 valence electrons. The first-order valence-corrected chi connectivity index (χ1v) is 10.5. The van der Waals surface area contributed by atoms with Crippen LogP contribution in [0.3, 0.4) is 0 Å². The van der Waals surface area contributed by atoms with Crippen LogP contribution in [-0.4, -0.2) is 54.6 Å². The third-order valence-electron chi connectivity index (χ3n) is 6.36. The molecule has 0 radical (unpaired) electrons. The third-order valence-corrected chi connectivity index (χ3v) is 6.36. The second-order valence-electron chi connectivity index (χ2n) is 8.28. The van der Waals surface area contributed by atoms with Gasteiger partial charge < -0.3 is 21.3 Å². The van der Waals surface area contributed by atoms with E-state index in [1.165, 1.54) is 17.7 Å². The minimum Gasteiger partial charge on any atom is -0.369 e. The number of rotatable bonds is 2. The molecule has 1 aromatic rings. The topological polar surface area (TPSA) is 104 Å². The fraction of sp³-hybridized carbons (Fsp3) is 0.571. The van der Waals surface area contributed by atoms with Crippen molar-refractivity contribution in [3.63, 3.8) is 0 Å². The largest absolute Gasteiger partial charge is 0.369 e. The van der Waals surface area contributed by atoms with E-state index in [1.807, 2.05) is 4.90 Å². The number of carbonyl (C=O) groups excluding carboxylic acids is 1. The zero-order valence-corrected chi connectivity index (χ0v) is 17.4. The van der Waals surface area contributed by atoms with E-state index in [4.69, 9.17) is 16.5 Å². The normalized spacial score (nSPS) is 21.8. The molecule has 1 saturated carbocycles. The smallest absolute Gasteiger partial charge is 0.220 e. The number of carbonyl (C=O) groups is 1. The van der Waals surface area contributed by atoms with Gasteiger partial charge in [0.15, 0.2) is 0 Å². The van der Waals surface area contributed by atoms with Gasteiger partial charge >= 0.3 is 0 Å². The first-order valence-electron chi connectivity index (χ1n) is 10.5. The predicted octanol–water partition coefficient (Wildman–Crippen LogP) is 1.77. The molecule has 1 spiro atoms. The highest BCUT2D eigenvalue weighted by Crippen LogP contribution is 2.40. The van der Waals surface area contributed by atoms with Crippen molar-refractivity contribution < 1.29 is 4.79 Å². The minimum atomic E-state index is -0.421. The molecule has 1 saturated heterocycles. The lowest BCUT2D eigenvalue weighted by Crippen LogP contribution is -2.58. The van der Waals surface area contributed by atoms with Gasteiger partial charge in [-0.2, -0.15) is 4.99 Å². The molecule has 8 heteroatoms. The van der Waals surface area contributed by atoms with Crippen LogP contribution in [0.4, 0.5) is 11.4 Å². The summed E-state index contributed by atoms with van der Waals surface area (Å²) in [4.78, 5) is 26.9. The molecule has 2 heterocycles. The van der Waals surface area contributed by atoms with Crippen molar-refractivity contribution in [3.05, 3.63) is 23.8 Å². The molecule has 1 amide bonds. The third kappa shape index (κ3) is 3.63. The van der Waals surface area contributed by atoms with Gasteiger partial charge in [0.05, 0.1) is 0 Å². The highest BCUT2D eigenvalue weighted by molar-refractivity contribution is 6.05. The average molecular weight is 398 g/mol. The molecule has 8 nitrogen and oxygen atoms in total. The van der Waals surface area contributed by atoms with Crippen LogP contribution in [0.2, 0.25) is 0 Å². The van der Waals surface area contributed by atoms with E-state index in [2.05, 4.69) is 39.9 Å². The molecule has 3 aliphatic rings. The van der Waals surface area contributed by atoms with Gasteiger partial charge in [0.2, 0.25) is 17.8 Å². The van der Waals surface area contributed by atoms with Crippen molar-refractivity contribution >= 4 is 29.2 Å². The summed E-state index contributed by atoms with van der Waals surface area (Å²) in [7, 11) is 0. The Morgan fingerprint density at radius 3 is 2.38 bits per heavy atom. The quantitative estimate of drug-likeness (QED) is 0.792. The molecule has 2 aliphatic heterocycles. The number of anilines is 2. The Morgan fingerprint density at radius 1 is 1.07 bits per heavy atom. The van der Waals surface area contributed by atoms with Gasteiger partial charge in [-0.3, -0.25) is 9.69 Å². The second kappa shape index (κ2) is 7.57. The molecule has 2 fully saturated rings. The molecule has 1 aromatic carbocycles. The Balaban J connectivity index is 1.60. The van der Waals surface area contributed by atoms with Crippen LogP contribution >= 0.6 is 0 Å². The maximum Gasteiger partial charge on any atom is 0.220 e. The van der Waals surface area contributed by atoms with Gasteiger partial charge in [-0.1, -0.05) is 6.42 Å². The van der Waals surface area contributed by atoms with Crippen LogP contribution in [0, 0.1) is 6.92 Å². The molecule has 29 heavy (non-hydrogen) atoms. The zero-order valence-electron chi connectivity index (χ0n) is 17.4. The number of nitrogens with two attached hydrogens (primary N) is 2. The molecule has 0 unspecified atom stereocenters. The summed E-state index contributed by atoms with van der Waals surface area (Å²) in [6.07, 6.45) is 5.29. The van der Waals surface area contributed by atoms with Crippen molar-refractivity contribution in [3.8, 4) is 0 Å². The first kappa shape index (κ1) is 19.5. The highest BCUT2D eigenvalue weighted by Gasteiger charge is 2.42. The summed E-state index contributed by atoms with van der Waals surface area (Å²) in [6.45, 7) is 6.98. The van der Waals surface area contributed by atoms with E-state index in [9.17, 15) is 4.79 Å². The van der Waals surface area contributed by atoms with Gasteiger partial charge in [-0.05, 0) is 56.4 Å². The van der Waals surface area contributed by atoms with Crippen molar-refractivity contribution in [2.24, 2.45) is 21.5 Å². The Hall–Kier alpha value is -2.77. The summed E-state index contributed by atoms with van der Waals surface area (Å²) in [6, 6.07) is 6.43. The van der Waals surface area contributed by atoms with E-state index in [-0.39, 0.29) is 11.9 Å². The predicted molar refractivity (Wildman–Crippen MR) is 117 cm³/mol. The van der Waals surface area contributed by atoms with Crippen LogP contribution < -0.4 is 21.3 Å². The molecule has 1 aliphatic carbocycles. The number of piperazine rings is 1. The number of aliphatic imine (C=N–C) groups is 2. The summed E-state index contributed by atoms with van der Waals surface area (Å²) in [5, 5.41) is 0. The molecule has 4 rings (SSSR count). The highest BCUT2D eigenvalue weighted by atomic mass is 16.2. The van der Waals surface area contributed by atoms with E-state index < -0.39 is 5.66 Å². The molecule has 0 bridgehead atoms. The lowest BCUT2D eigenvalue weighted by atomic mass is 9.87. The number of benzene rings is 1.